The lowest BCUT2D eigenvalue weighted by atomic mass is 9.87. The zero-order valence-corrected chi connectivity index (χ0v) is 16.1. The minimum absolute atomic E-state index is 0.140. The van der Waals surface area contributed by atoms with Crippen LogP contribution in [0.1, 0.15) is 38.3 Å². The van der Waals surface area contributed by atoms with Crippen LogP contribution in [0.5, 0.6) is 11.5 Å². The number of nitrogens with one attached hydrogen (secondary N) is 1. The summed E-state index contributed by atoms with van der Waals surface area (Å²) < 4.78 is 11.5. The quantitative estimate of drug-likeness (QED) is 0.421. The second-order valence-electron chi connectivity index (χ2n) is 7.13. The summed E-state index contributed by atoms with van der Waals surface area (Å²) in [6.07, 6.45) is 2.27. The fraction of sp³-hybridized carbons (Fsp3) is 0.333. The SMILES string of the molecule is CC(C)(C)c1ccc(OCCCOc2cccc(/C=N\NC(N)=O)c2)cc1. The second-order valence-corrected chi connectivity index (χ2v) is 7.13. The molecule has 0 aliphatic carbocycles. The molecule has 0 fully saturated rings. The van der Waals surface area contributed by atoms with Crippen LogP contribution in [0.3, 0.4) is 0 Å². The second kappa shape index (κ2) is 9.62. The third-order valence-electron chi connectivity index (χ3n) is 3.79. The molecule has 144 valence electrons. The molecule has 0 radical (unpaired) electrons. The maximum absolute atomic E-state index is 10.6. The van der Waals surface area contributed by atoms with E-state index in [1.807, 2.05) is 36.4 Å². The average molecular weight is 369 g/mol. The molecule has 6 nitrogen and oxygen atoms in total. The maximum atomic E-state index is 10.6. The highest BCUT2D eigenvalue weighted by molar-refractivity contribution is 5.81. The highest BCUT2D eigenvalue weighted by atomic mass is 16.5. The molecule has 6 heteroatoms. The van der Waals surface area contributed by atoms with Crippen molar-refractivity contribution < 1.29 is 14.3 Å². The molecule has 0 bridgehead atoms. The summed E-state index contributed by atoms with van der Waals surface area (Å²) in [6.45, 7) is 7.69. The van der Waals surface area contributed by atoms with Crippen molar-refractivity contribution >= 4 is 12.2 Å². The Balaban J connectivity index is 1.72. The van der Waals surface area contributed by atoms with Gasteiger partial charge in [-0.25, -0.2) is 10.2 Å². The van der Waals surface area contributed by atoms with Crippen molar-refractivity contribution in [2.45, 2.75) is 32.6 Å². The first-order valence-corrected chi connectivity index (χ1v) is 8.89. The Hall–Kier alpha value is -3.02. The molecule has 0 saturated heterocycles. The molecule has 0 unspecified atom stereocenters. The number of nitrogens with zero attached hydrogens (tertiary/aromatic N) is 1. The smallest absolute Gasteiger partial charge is 0.332 e. The van der Waals surface area contributed by atoms with Gasteiger partial charge < -0.3 is 15.2 Å². The fourth-order valence-electron chi connectivity index (χ4n) is 2.35. The fourth-order valence-corrected chi connectivity index (χ4v) is 2.35. The van der Waals surface area contributed by atoms with E-state index < -0.39 is 6.03 Å². The lowest BCUT2D eigenvalue weighted by Crippen LogP contribution is -2.24. The lowest BCUT2D eigenvalue weighted by molar-refractivity contribution is 0.247. The van der Waals surface area contributed by atoms with Crippen molar-refractivity contribution in [3.05, 3.63) is 59.7 Å². The predicted octanol–water partition coefficient (Wildman–Crippen LogP) is 3.83. The molecule has 2 rings (SSSR count). The lowest BCUT2D eigenvalue weighted by Gasteiger charge is -2.19. The molecular weight excluding hydrogens is 342 g/mol. The van der Waals surface area contributed by atoms with E-state index in [0.29, 0.717) is 13.2 Å². The summed E-state index contributed by atoms with van der Waals surface area (Å²) >= 11 is 0. The largest absolute Gasteiger partial charge is 0.493 e. The highest BCUT2D eigenvalue weighted by Gasteiger charge is 2.12. The molecule has 2 amide bonds. The van der Waals surface area contributed by atoms with E-state index >= 15 is 0 Å². The van der Waals surface area contributed by atoms with Gasteiger partial charge in [0.1, 0.15) is 11.5 Å². The first kappa shape index (κ1) is 20.3. The predicted molar refractivity (Wildman–Crippen MR) is 108 cm³/mol. The summed E-state index contributed by atoms with van der Waals surface area (Å²) in [6, 6.07) is 14.9. The molecule has 0 atom stereocenters. The number of rotatable bonds is 8. The molecule has 0 aromatic heterocycles. The van der Waals surface area contributed by atoms with Crippen LogP contribution in [0.15, 0.2) is 53.6 Å². The number of ether oxygens (including phenoxy) is 2. The van der Waals surface area contributed by atoms with E-state index in [-0.39, 0.29) is 5.41 Å². The van der Waals surface area contributed by atoms with Crippen LogP contribution < -0.4 is 20.6 Å². The van der Waals surface area contributed by atoms with Crippen molar-refractivity contribution in [1.82, 2.24) is 5.43 Å². The van der Waals surface area contributed by atoms with Crippen LogP contribution in [-0.4, -0.2) is 25.5 Å². The standard InChI is InChI=1S/C21H27N3O3/c1-21(2,3)17-8-10-18(11-9-17)26-12-5-13-27-19-7-4-6-16(14-19)15-23-24-20(22)25/h4,6-11,14-15H,5,12-13H2,1-3H3,(H3,22,24,25)/b23-15-. The topological polar surface area (TPSA) is 85.9 Å². The number of amides is 2. The third-order valence-corrected chi connectivity index (χ3v) is 3.79. The zero-order chi connectivity index (χ0) is 19.7. The van der Waals surface area contributed by atoms with Crippen LogP contribution in [0.4, 0.5) is 4.79 Å². The van der Waals surface area contributed by atoms with E-state index in [2.05, 4.69) is 43.4 Å². The van der Waals surface area contributed by atoms with Gasteiger partial charge in [0.15, 0.2) is 0 Å². The Labute approximate surface area is 160 Å². The minimum Gasteiger partial charge on any atom is -0.493 e. The van der Waals surface area contributed by atoms with Crippen LogP contribution in [-0.2, 0) is 5.41 Å². The number of carbonyl (C=O) groups is 1. The van der Waals surface area contributed by atoms with Gasteiger partial charge in [-0.05, 0) is 40.8 Å². The van der Waals surface area contributed by atoms with Crippen molar-refractivity contribution in [2.75, 3.05) is 13.2 Å². The zero-order valence-electron chi connectivity index (χ0n) is 16.1. The van der Waals surface area contributed by atoms with E-state index in [9.17, 15) is 4.79 Å². The molecule has 3 N–H and O–H groups in total. The van der Waals surface area contributed by atoms with E-state index in [1.54, 1.807) is 0 Å². The van der Waals surface area contributed by atoms with Gasteiger partial charge in [-0.3, -0.25) is 0 Å². The maximum Gasteiger partial charge on any atom is 0.332 e. The summed E-state index contributed by atoms with van der Waals surface area (Å²) in [4.78, 5) is 10.6. The van der Waals surface area contributed by atoms with Gasteiger partial charge in [0.25, 0.3) is 0 Å². The summed E-state index contributed by atoms with van der Waals surface area (Å²) in [5.74, 6) is 1.59. The molecule has 0 spiro atoms. The van der Waals surface area contributed by atoms with Crippen LogP contribution >= 0.6 is 0 Å². The van der Waals surface area contributed by atoms with Gasteiger partial charge >= 0.3 is 6.03 Å². The number of hydrazone groups is 1. The molecule has 0 aliphatic rings. The number of carbonyl (C=O) groups excluding carboxylic acids is 1. The summed E-state index contributed by atoms with van der Waals surface area (Å²) in [5.41, 5.74) is 9.33. The number of nitrogens with two attached hydrogens (primary N) is 1. The van der Waals surface area contributed by atoms with Crippen LogP contribution in [0, 0.1) is 0 Å². The monoisotopic (exact) mass is 369 g/mol. The molecule has 0 heterocycles. The van der Waals surface area contributed by atoms with E-state index in [4.69, 9.17) is 15.2 Å². The number of hydrogen-bond donors (Lipinski definition) is 2. The van der Waals surface area contributed by atoms with Gasteiger partial charge in [0.2, 0.25) is 0 Å². The van der Waals surface area contributed by atoms with Crippen molar-refractivity contribution in [2.24, 2.45) is 10.8 Å². The van der Waals surface area contributed by atoms with Gasteiger partial charge in [0, 0.05) is 6.42 Å². The van der Waals surface area contributed by atoms with Crippen LogP contribution in [0.25, 0.3) is 0 Å². The van der Waals surface area contributed by atoms with Gasteiger partial charge in [-0.2, -0.15) is 5.10 Å². The summed E-state index contributed by atoms with van der Waals surface area (Å²) in [7, 11) is 0. The Morgan fingerprint density at radius 3 is 2.37 bits per heavy atom. The molecule has 27 heavy (non-hydrogen) atoms. The van der Waals surface area contributed by atoms with E-state index in [0.717, 1.165) is 23.5 Å². The Kier molecular flexibility index (Phi) is 7.23. The van der Waals surface area contributed by atoms with Crippen LogP contribution in [0.2, 0.25) is 0 Å². The Morgan fingerprint density at radius 2 is 1.74 bits per heavy atom. The van der Waals surface area contributed by atoms with Crippen molar-refractivity contribution in [3.63, 3.8) is 0 Å². The summed E-state index contributed by atoms with van der Waals surface area (Å²) in [5, 5.41) is 3.72. The van der Waals surface area contributed by atoms with E-state index in [1.165, 1.54) is 11.8 Å². The number of primary amides is 1. The normalized spacial score (nSPS) is 11.4. The number of urea groups is 1. The Morgan fingerprint density at radius 1 is 1.07 bits per heavy atom. The Bertz CT molecular complexity index is 765. The van der Waals surface area contributed by atoms with Gasteiger partial charge in [-0.1, -0.05) is 45.0 Å². The van der Waals surface area contributed by atoms with Crippen molar-refractivity contribution in [1.29, 1.82) is 0 Å². The first-order chi connectivity index (χ1) is 12.8. The first-order valence-electron chi connectivity index (χ1n) is 8.89. The number of benzene rings is 2. The molecule has 0 aliphatic heterocycles. The van der Waals surface area contributed by atoms with Gasteiger partial charge in [-0.15, -0.1) is 0 Å². The molecule has 0 saturated carbocycles. The number of hydrogen-bond acceptors (Lipinski definition) is 4. The third kappa shape index (κ3) is 7.40. The molecule has 2 aromatic carbocycles. The molecular formula is C21H27N3O3. The molecule has 2 aromatic rings. The highest BCUT2D eigenvalue weighted by Crippen LogP contribution is 2.24. The van der Waals surface area contributed by atoms with Gasteiger partial charge in [0.05, 0.1) is 19.4 Å². The average Bonchev–Trinajstić information content (AvgIpc) is 2.61. The minimum atomic E-state index is -0.702. The van der Waals surface area contributed by atoms with Crippen molar-refractivity contribution in [3.8, 4) is 11.5 Å².